The molecule has 0 aliphatic rings. The van der Waals surface area contributed by atoms with Crippen molar-refractivity contribution >= 4 is 23.2 Å². The van der Waals surface area contributed by atoms with Crippen LogP contribution in [-0.4, -0.2) is 16.6 Å². The quantitative estimate of drug-likeness (QED) is 0.693. The van der Waals surface area contributed by atoms with Gasteiger partial charge in [-0.1, -0.05) is 30.7 Å². The number of halogens is 1. The third-order valence-corrected chi connectivity index (χ3v) is 3.00. The van der Waals surface area contributed by atoms with Crippen molar-refractivity contribution in [3.63, 3.8) is 0 Å². The Morgan fingerprint density at radius 3 is 2.40 bits per heavy atom. The van der Waals surface area contributed by atoms with E-state index < -0.39 is 0 Å². The highest BCUT2D eigenvalue weighted by atomic mass is 35.5. The summed E-state index contributed by atoms with van der Waals surface area (Å²) in [6, 6.07) is 10.6. The number of hydrogen-bond acceptors (Lipinski definition) is 3. The monoisotopic (exact) mass is 287 g/mol. The van der Waals surface area contributed by atoms with Crippen LogP contribution in [0.4, 0.5) is 0 Å². The predicted molar refractivity (Wildman–Crippen MR) is 80.0 cm³/mol. The lowest BCUT2D eigenvalue weighted by Gasteiger charge is -2.05. The molecule has 1 heterocycles. The lowest BCUT2D eigenvalue weighted by molar-refractivity contribution is 0.0954. The van der Waals surface area contributed by atoms with Crippen LogP contribution in [0.5, 0.6) is 0 Å². The SMILES string of the molecule is CC/C(=N\NC(=O)c1ccncc1)c1ccc(Cl)cc1. The number of pyridine rings is 1. The van der Waals surface area contributed by atoms with Crippen LogP contribution in [0, 0.1) is 0 Å². The van der Waals surface area contributed by atoms with Gasteiger partial charge in [-0.15, -0.1) is 0 Å². The summed E-state index contributed by atoms with van der Waals surface area (Å²) in [5.74, 6) is -0.257. The van der Waals surface area contributed by atoms with E-state index in [4.69, 9.17) is 11.6 Å². The van der Waals surface area contributed by atoms with Crippen molar-refractivity contribution in [1.82, 2.24) is 10.4 Å². The van der Waals surface area contributed by atoms with Gasteiger partial charge in [0.05, 0.1) is 5.71 Å². The van der Waals surface area contributed by atoms with Gasteiger partial charge in [0.1, 0.15) is 0 Å². The van der Waals surface area contributed by atoms with Gasteiger partial charge in [-0.2, -0.15) is 5.10 Å². The third-order valence-electron chi connectivity index (χ3n) is 2.75. The van der Waals surface area contributed by atoms with Gasteiger partial charge >= 0.3 is 0 Å². The Morgan fingerprint density at radius 2 is 1.80 bits per heavy atom. The Bertz CT molecular complexity index is 609. The largest absolute Gasteiger partial charge is 0.271 e. The Hall–Kier alpha value is -2.20. The van der Waals surface area contributed by atoms with Crippen LogP contribution in [0.25, 0.3) is 0 Å². The molecule has 0 fully saturated rings. The van der Waals surface area contributed by atoms with E-state index in [1.54, 1.807) is 36.7 Å². The van der Waals surface area contributed by atoms with Gasteiger partial charge in [0, 0.05) is 23.0 Å². The number of amides is 1. The molecule has 0 spiro atoms. The summed E-state index contributed by atoms with van der Waals surface area (Å²) < 4.78 is 0. The van der Waals surface area contributed by atoms with E-state index in [0.29, 0.717) is 17.0 Å². The molecule has 5 heteroatoms. The number of nitrogens with one attached hydrogen (secondary N) is 1. The van der Waals surface area contributed by atoms with Crippen LogP contribution in [0.3, 0.4) is 0 Å². The Labute approximate surface area is 122 Å². The van der Waals surface area contributed by atoms with Crippen LogP contribution in [0.2, 0.25) is 5.02 Å². The van der Waals surface area contributed by atoms with Gasteiger partial charge in [0.25, 0.3) is 5.91 Å². The molecule has 0 atom stereocenters. The summed E-state index contributed by atoms with van der Waals surface area (Å²) in [6.45, 7) is 1.98. The second-order valence-electron chi connectivity index (χ2n) is 4.10. The zero-order valence-corrected chi connectivity index (χ0v) is 11.8. The van der Waals surface area contributed by atoms with Crippen molar-refractivity contribution in [2.24, 2.45) is 5.10 Å². The van der Waals surface area contributed by atoms with E-state index in [9.17, 15) is 4.79 Å². The topological polar surface area (TPSA) is 54.4 Å². The minimum absolute atomic E-state index is 0.257. The molecule has 0 aliphatic heterocycles. The molecule has 1 aromatic carbocycles. The minimum atomic E-state index is -0.257. The van der Waals surface area contributed by atoms with E-state index in [2.05, 4.69) is 15.5 Å². The van der Waals surface area contributed by atoms with Gasteiger partial charge in [0.15, 0.2) is 0 Å². The average molecular weight is 288 g/mol. The van der Waals surface area contributed by atoms with Crippen molar-refractivity contribution in [3.8, 4) is 0 Å². The molecule has 2 aromatic rings. The first-order chi connectivity index (χ1) is 9.70. The number of carbonyl (C=O) groups is 1. The fourth-order valence-corrected chi connectivity index (χ4v) is 1.80. The molecule has 1 aromatic heterocycles. The van der Waals surface area contributed by atoms with Gasteiger partial charge in [-0.05, 0) is 36.2 Å². The first-order valence-corrected chi connectivity index (χ1v) is 6.61. The maximum Gasteiger partial charge on any atom is 0.271 e. The van der Waals surface area contributed by atoms with E-state index in [1.807, 2.05) is 19.1 Å². The second-order valence-corrected chi connectivity index (χ2v) is 4.53. The highest BCUT2D eigenvalue weighted by Gasteiger charge is 2.05. The molecule has 1 N–H and O–H groups in total. The summed E-state index contributed by atoms with van der Waals surface area (Å²) in [4.78, 5) is 15.8. The zero-order valence-electron chi connectivity index (χ0n) is 11.0. The zero-order chi connectivity index (χ0) is 14.4. The highest BCUT2D eigenvalue weighted by molar-refractivity contribution is 6.30. The van der Waals surface area contributed by atoms with Gasteiger partial charge < -0.3 is 0 Å². The molecule has 0 unspecified atom stereocenters. The normalized spacial score (nSPS) is 11.2. The van der Waals surface area contributed by atoms with Crippen LogP contribution in [0.1, 0.15) is 29.3 Å². The van der Waals surface area contributed by atoms with Crippen molar-refractivity contribution in [2.75, 3.05) is 0 Å². The summed E-state index contributed by atoms with van der Waals surface area (Å²) in [5, 5.41) is 4.84. The summed E-state index contributed by atoms with van der Waals surface area (Å²) in [7, 11) is 0. The molecule has 20 heavy (non-hydrogen) atoms. The van der Waals surface area contributed by atoms with Gasteiger partial charge in [-0.3, -0.25) is 9.78 Å². The van der Waals surface area contributed by atoms with Gasteiger partial charge in [0.2, 0.25) is 0 Å². The molecular weight excluding hydrogens is 274 g/mol. The van der Waals surface area contributed by atoms with E-state index in [0.717, 1.165) is 11.3 Å². The Morgan fingerprint density at radius 1 is 1.15 bits per heavy atom. The number of benzene rings is 1. The molecule has 0 saturated carbocycles. The number of hydrazone groups is 1. The maximum absolute atomic E-state index is 11.9. The fraction of sp³-hybridized carbons (Fsp3) is 0.133. The molecule has 1 amide bonds. The van der Waals surface area contributed by atoms with E-state index in [1.165, 1.54) is 0 Å². The average Bonchev–Trinajstić information content (AvgIpc) is 2.50. The number of aromatic nitrogens is 1. The molecule has 0 saturated heterocycles. The fourth-order valence-electron chi connectivity index (χ4n) is 1.68. The molecule has 102 valence electrons. The molecule has 0 radical (unpaired) electrons. The maximum atomic E-state index is 11.9. The lowest BCUT2D eigenvalue weighted by atomic mass is 10.1. The van der Waals surface area contributed by atoms with Crippen molar-refractivity contribution in [1.29, 1.82) is 0 Å². The number of hydrogen-bond donors (Lipinski definition) is 1. The first kappa shape index (κ1) is 14.2. The predicted octanol–water partition coefficient (Wildman–Crippen LogP) is 3.28. The third kappa shape index (κ3) is 3.65. The molecule has 0 aliphatic carbocycles. The van der Waals surface area contributed by atoms with Crippen molar-refractivity contribution in [2.45, 2.75) is 13.3 Å². The summed E-state index contributed by atoms with van der Waals surface area (Å²) >= 11 is 5.85. The van der Waals surface area contributed by atoms with Gasteiger partial charge in [-0.25, -0.2) is 5.43 Å². The van der Waals surface area contributed by atoms with Crippen LogP contribution in [-0.2, 0) is 0 Å². The molecule has 2 rings (SSSR count). The Kier molecular flexibility index (Phi) is 4.85. The molecular formula is C15H14ClN3O. The molecule has 0 bridgehead atoms. The number of nitrogens with zero attached hydrogens (tertiary/aromatic N) is 2. The number of rotatable bonds is 4. The Balaban J connectivity index is 2.12. The highest BCUT2D eigenvalue weighted by Crippen LogP contribution is 2.11. The molecule has 4 nitrogen and oxygen atoms in total. The standard InChI is InChI=1S/C15H14ClN3O/c1-2-14(11-3-5-13(16)6-4-11)18-19-15(20)12-7-9-17-10-8-12/h3-10H,2H2,1H3,(H,19,20)/b18-14+. The van der Waals surface area contributed by atoms with Crippen LogP contribution >= 0.6 is 11.6 Å². The smallest absolute Gasteiger partial charge is 0.267 e. The second kappa shape index (κ2) is 6.82. The van der Waals surface area contributed by atoms with E-state index >= 15 is 0 Å². The van der Waals surface area contributed by atoms with Crippen molar-refractivity contribution in [3.05, 3.63) is 64.9 Å². The van der Waals surface area contributed by atoms with E-state index in [-0.39, 0.29) is 5.91 Å². The summed E-state index contributed by atoms with van der Waals surface area (Å²) in [6.07, 6.45) is 3.84. The lowest BCUT2D eigenvalue weighted by Crippen LogP contribution is -2.19. The van der Waals surface area contributed by atoms with Crippen LogP contribution < -0.4 is 5.43 Å². The van der Waals surface area contributed by atoms with Crippen molar-refractivity contribution < 1.29 is 4.79 Å². The number of carbonyl (C=O) groups excluding carboxylic acids is 1. The first-order valence-electron chi connectivity index (χ1n) is 6.23. The summed E-state index contributed by atoms with van der Waals surface area (Å²) in [5.41, 5.74) is 4.81. The van der Waals surface area contributed by atoms with Crippen LogP contribution in [0.15, 0.2) is 53.9 Å². The minimum Gasteiger partial charge on any atom is -0.267 e.